The van der Waals surface area contributed by atoms with Crippen molar-refractivity contribution in [3.8, 4) is 0 Å². The molecule has 0 spiro atoms. The van der Waals surface area contributed by atoms with Crippen LogP contribution in [0.2, 0.25) is 0 Å². The van der Waals surface area contributed by atoms with Gasteiger partial charge in [-0.3, -0.25) is 18.6 Å². The van der Waals surface area contributed by atoms with Crippen molar-refractivity contribution in [2.24, 2.45) is 0 Å². The number of hydrogen-bond donors (Lipinski definition) is 6. The number of carbonyl (C=O) groups excluding carboxylic acids is 2. The fraction of sp³-hybridized carbons (Fsp3) is 0.739. The van der Waals surface area contributed by atoms with Crippen molar-refractivity contribution in [1.29, 1.82) is 0 Å². The molecule has 0 bridgehead atoms. The van der Waals surface area contributed by atoms with E-state index in [9.17, 15) is 44.6 Å². The number of phosphoric acid groups is 1. The highest BCUT2D eigenvalue weighted by molar-refractivity contribution is 7.47. The molecule has 8 atom stereocenters. The van der Waals surface area contributed by atoms with Crippen LogP contribution >= 0.6 is 7.82 Å². The molecule has 0 aromatic heterocycles. The molecular formula is C46H79O13P. The molecule has 0 aromatic carbocycles. The zero-order valence-corrected chi connectivity index (χ0v) is 37.4. The molecule has 6 unspecified atom stereocenters. The number of carbonyl (C=O) groups is 2. The number of aliphatic hydroxyl groups excluding tert-OH is 5. The number of hydrogen-bond acceptors (Lipinski definition) is 12. The van der Waals surface area contributed by atoms with E-state index in [0.717, 1.165) is 83.5 Å². The minimum Gasteiger partial charge on any atom is -0.462 e. The molecule has 0 radical (unpaired) electrons. The summed E-state index contributed by atoms with van der Waals surface area (Å²) in [5.41, 5.74) is 0. The summed E-state index contributed by atoms with van der Waals surface area (Å²) >= 11 is 0. The number of rotatable bonds is 36. The van der Waals surface area contributed by atoms with E-state index in [1.54, 1.807) is 0 Å². The lowest BCUT2D eigenvalue weighted by molar-refractivity contribution is -0.220. The number of esters is 2. The van der Waals surface area contributed by atoms with Crippen molar-refractivity contribution in [3.05, 3.63) is 60.8 Å². The van der Waals surface area contributed by atoms with Crippen LogP contribution in [-0.4, -0.2) is 98.3 Å². The lowest BCUT2D eigenvalue weighted by atomic mass is 9.85. The molecule has 346 valence electrons. The van der Waals surface area contributed by atoms with Crippen molar-refractivity contribution in [3.63, 3.8) is 0 Å². The normalized spacial score (nSPS) is 22.7. The van der Waals surface area contributed by atoms with Crippen LogP contribution in [-0.2, 0) is 32.7 Å². The number of aliphatic hydroxyl groups is 5. The molecule has 1 fully saturated rings. The molecule has 1 saturated carbocycles. The molecule has 0 aliphatic heterocycles. The zero-order chi connectivity index (χ0) is 44.3. The van der Waals surface area contributed by atoms with E-state index in [1.807, 2.05) is 0 Å². The van der Waals surface area contributed by atoms with Crippen molar-refractivity contribution >= 4 is 19.8 Å². The molecular weight excluding hydrogens is 791 g/mol. The van der Waals surface area contributed by atoms with Crippen LogP contribution in [0.25, 0.3) is 0 Å². The smallest absolute Gasteiger partial charge is 0.462 e. The van der Waals surface area contributed by atoms with Gasteiger partial charge in [0.05, 0.1) is 6.61 Å². The van der Waals surface area contributed by atoms with Crippen molar-refractivity contribution in [2.75, 3.05) is 13.2 Å². The lowest BCUT2D eigenvalue weighted by Gasteiger charge is -2.41. The second-order valence-electron chi connectivity index (χ2n) is 15.5. The van der Waals surface area contributed by atoms with Crippen molar-refractivity contribution in [1.82, 2.24) is 0 Å². The fourth-order valence-corrected chi connectivity index (χ4v) is 7.35. The van der Waals surface area contributed by atoms with Crippen LogP contribution in [0.1, 0.15) is 162 Å². The molecule has 0 saturated heterocycles. The highest BCUT2D eigenvalue weighted by atomic mass is 31.2. The fourth-order valence-electron chi connectivity index (χ4n) is 6.38. The van der Waals surface area contributed by atoms with Gasteiger partial charge < -0.3 is 39.9 Å². The second kappa shape index (κ2) is 36.1. The topological polar surface area (TPSA) is 210 Å². The van der Waals surface area contributed by atoms with E-state index in [1.165, 1.54) is 38.5 Å². The minimum atomic E-state index is -5.13. The monoisotopic (exact) mass is 871 g/mol. The molecule has 13 nitrogen and oxygen atoms in total. The summed E-state index contributed by atoms with van der Waals surface area (Å²) in [5, 5.41) is 50.1. The van der Waals surface area contributed by atoms with Gasteiger partial charge in [-0.1, -0.05) is 126 Å². The molecule has 1 rings (SSSR count). The molecule has 1 aliphatic rings. The molecule has 0 amide bonds. The van der Waals surface area contributed by atoms with Crippen LogP contribution in [0.3, 0.4) is 0 Å². The summed E-state index contributed by atoms with van der Waals surface area (Å²) in [4.78, 5) is 35.6. The van der Waals surface area contributed by atoms with Gasteiger partial charge in [0.2, 0.25) is 0 Å². The summed E-state index contributed by atoms with van der Waals surface area (Å²) in [6.45, 7) is 3.19. The minimum absolute atomic E-state index is 0.0765. The Labute approximate surface area is 360 Å². The number of unbranched alkanes of at least 4 members (excludes halogenated alkanes) is 14. The standard InChI is InChI=1S/C46H79O13P/c1-3-5-7-9-11-13-15-17-18-19-20-21-22-23-25-26-28-30-32-34-39(47)56-36-38(58-40(48)35-33-31-29-27-24-16-14-12-10-8-6-4-2)37-57-60(54,55)59-46-44(52)42(50)41(49)43(51)45(46)53/h11-14,17-18,20-21,23,25,38,41-46,49-53H,3-10,15-16,19,22,24,26-37H2,1-2H3,(H,54,55)/b13-11-,14-12-,18-17-,21-20-,25-23-/t38-,41?,42-,43?,44?,45?,46?/m1/s1. The van der Waals surface area contributed by atoms with E-state index in [2.05, 4.69) is 74.6 Å². The third-order valence-electron chi connectivity index (χ3n) is 10.1. The third-order valence-corrected chi connectivity index (χ3v) is 11.1. The van der Waals surface area contributed by atoms with Gasteiger partial charge in [0.1, 0.15) is 43.2 Å². The summed E-state index contributed by atoms with van der Waals surface area (Å²) in [7, 11) is -5.13. The maximum atomic E-state index is 12.8. The van der Waals surface area contributed by atoms with Crippen LogP contribution in [0.15, 0.2) is 60.8 Å². The molecule has 0 heterocycles. The Morgan fingerprint density at radius 2 is 0.900 bits per heavy atom. The summed E-state index contributed by atoms with van der Waals surface area (Å²) in [6, 6.07) is 0. The first-order chi connectivity index (χ1) is 28.9. The molecule has 14 heteroatoms. The van der Waals surface area contributed by atoms with Crippen LogP contribution in [0.4, 0.5) is 0 Å². The highest BCUT2D eigenvalue weighted by Crippen LogP contribution is 2.47. The Kier molecular flexibility index (Phi) is 33.4. The second-order valence-corrected chi connectivity index (χ2v) is 16.9. The Bertz CT molecular complexity index is 1280. The molecule has 6 N–H and O–H groups in total. The maximum absolute atomic E-state index is 12.8. The summed E-state index contributed by atoms with van der Waals surface area (Å²) in [5.74, 6) is -1.15. The number of phosphoric ester groups is 1. The predicted molar refractivity (Wildman–Crippen MR) is 235 cm³/mol. The Balaban J connectivity index is 2.49. The maximum Gasteiger partial charge on any atom is 0.472 e. The molecule has 0 aromatic rings. The first kappa shape index (κ1) is 55.6. The van der Waals surface area contributed by atoms with E-state index in [0.29, 0.717) is 12.8 Å². The highest BCUT2D eigenvalue weighted by Gasteiger charge is 2.51. The summed E-state index contributed by atoms with van der Waals surface area (Å²) in [6.07, 6.45) is 29.9. The SMILES string of the molecule is CCCCC/C=C\C/C=C\C/C=C\C/C=C\CCCCCC(=O)OC[C@H](COP(=O)(O)OC1C(O)C(O)C(O)[C@@H](O)C1O)OC(=O)CCCCCCC/C=C\CCCCC. The van der Waals surface area contributed by atoms with Gasteiger partial charge in [-0.25, -0.2) is 4.57 Å². The van der Waals surface area contributed by atoms with E-state index in [-0.39, 0.29) is 12.8 Å². The van der Waals surface area contributed by atoms with E-state index in [4.69, 9.17) is 18.5 Å². The first-order valence-corrected chi connectivity index (χ1v) is 24.1. The van der Waals surface area contributed by atoms with E-state index < -0.39 is 75.7 Å². The van der Waals surface area contributed by atoms with Gasteiger partial charge in [-0.05, 0) is 83.5 Å². The van der Waals surface area contributed by atoms with Gasteiger partial charge in [0.15, 0.2) is 6.10 Å². The van der Waals surface area contributed by atoms with Gasteiger partial charge >= 0.3 is 19.8 Å². The molecule has 60 heavy (non-hydrogen) atoms. The lowest BCUT2D eigenvalue weighted by Crippen LogP contribution is -2.64. The van der Waals surface area contributed by atoms with Crippen LogP contribution < -0.4 is 0 Å². The predicted octanol–water partition coefficient (Wildman–Crippen LogP) is 8.55. The Morgan fingerprint density at radius 1 is 0.517 bits per heavy atom. The van der Waals surface area contributed by atoms with Gasteiger partial charge in [-0.2, -0.15) is 0 Å². The summed E-state index contributed by atoms with van der Waals surface area (Å²) < 4.78 is 33.4. The van der Waals surface area contributed by atoms with Crippen LogP contribution in [0, 0.1) is 0 Å². The molecule has 1 aliphatic carbocycles. The quantitative estimate of drug-likeness (QED) is 0.0151. The van der Waals surface area contributed by atoms with Gasteiger partial charge in [-0.15, -0.1) is 0 Å². The van der Waals surface area contributed by atoms with Gasteiger partial charge in [0.25, 0.3) is 0 Å². The van der Waals surface area contributed by atoms with Crippen molar-refractivity contribution in [2.45, 2.75) is 204 Å². The number of ether oxygens (including phenoxy) is 2. The van der Waals surface area contributed by atoms with Crippen LogP contribution in [0.5, 0.6) is 0 Å². The third kappa shape index (κ3) is 28.2. The Morgan fingerprint density at radius 3 is 1.40 bits per heavy atom. The average Bonchev–Trinajstić information content (AvgIpc) is 3.23. The largest absolute Gasteiger partial charge is 0.472 e. The average molecular weight is 871 g/mol. The number of allylic oxidation sites excluding steroid dienone is 10. The van der Waals surface area contributed by atoms with Crippen molar-refractivity contribution < 1.29 is 63.1 Å². The Hall–Kier alpha value is -2.45. The van der Waals surface area contributed by atoms with E-state index >= 15 is 0 Å². The zero-order valence-electron chi connectivity index (χ0n) is 36.5. The first-order valence-electron chi connectivity index (χ1n) is 22.6. The van der Waals surface area contributed by atoms with Gasteiger partial charge in [0, 0.05) is 12.8 Å².